The summed E-state index contributed by atoms with van der Waals surface area (Å²) in [6, 6.07) is 9.91. The lowest BCUT2D eigenvalue weighted by Gasteiger charge is -2.29. The zero-order chi connectivity index (χ0) is 20.9. The molecule has 0 bridgehead atoms. The Kier molecular flexibility index (Phi) is 7.17. The van der Waals surface area contributed by atoms with Gasteiger partial charge in [0.05, 0.1) is 11.8 Å². The maximum atomic E-state index is 12.4. The van der Waals surface area contributed by atoms with Crippen LogP contribution < -0.4 is 0 Å². The molecule has 2 amide bonds. The second kappa shape index (κ2) is 9.18. The molecular formula is C19H26N2O6S. The van der Waals surface area contributed by atoms with Gasteiger partial charge in [-0.1, -0.05) is 30.3 Å². The molecule has 1 aromatic carbocycles. The number of nitrogens with zero attached hydrogens (tertiary/aromatic N) is 2. The van der Waals surface area contributed by atoms with Crippen molar-refractivity contribution < 1.29 is 27.9 Å². The number of rotatable bonds is 4. The number of hydrogen-bond donors (Lipinski definition) is 1. The summed E-state index contributed by atoms with van der Waals surface area (Å²) in [6.45, 7) is 3.17. The van der Waals surface area contributed by atoms with Gasteiger partial charge in [0, 0.05) is 51.1 Å². The second-order valence-corrected chi connectivity index (χ2v) is 9.49. The monoisotopic (exact) mass is 410 g/mol. The lowest BCUT2D eigenvalue weighted by atomic mass is 9.89. The number of hydrogen-bond acceptors (Lipinski definition) is 5. The number of amides is 2. The van der Waals surface area contributed by atoms with Crippen LogP contribution in [0.4, 0.5) is 0 Å². The minimum absolute atomic E-state index is 0.0172. The van der Waals surface area contributed by atoms with Crippen LogP contribution in [0.15, 0.2) is 30.3 Å². The van der Waals surface area contributed by atoms with Crippen molar-refractivity contribution in [2.45, 2.75) is 19.4 Å². The lowest BCUT2D eigenvalue weighted by Crippen LogP contribution is -2.36. The molecule has 0 saturated carbocycles. The van der Waals surface area contributed by atoms with Crippen LogP contribution in [-0.2, 0) is 24.2 Å². The number of carbonyl (C=O) groups is 3. The van der Waals surface area contributed by atoms with Crippen LogP contribution in [0.5, 0.6) is 0 Å². The number of benzene rings is 1. The molecule has 1 aromatic rings. The topological polar surface area (TPSA) is 112 Å². The highest BCUT2D eigenvalue weighted by atomic mass is 32.2. The van der Waals surface area contributed by atoms with Gasteiger partial charge in [-0.2, -0.15) is 0 Å². The molecule has 2 saturated heterocycles. The zero-order valence-corrected chi connectivity index (χ0v) is 16.8. The van der Waals surface area contributed by atoms with Crippen LogP contribution in [0, 0.1) is 11.8 Å². The lowest BCUT2D eigenvalue weighted by molar-refractivity contribution is -0.131. The fraction of sp³-hybridized carbons (Fsp3) is 0.526. The fourth-order valence-corrected chi connectivity index (χ4v) is 4.63. The predicted octanol–water partition coefficient (Wildman–Crippen LogP) is 0.800. The summed E-state index contributed by atoms with van der Waals surface area (Å²) < 4.78 is 22.6. The maximum Gasteiger partial charge on any atom is 0.290 e. The van der Waals surface area contributed by atoms with E-state index in [0.717, 1.165) is 11.8 Å². The van der Waals surface area contributed by atoms with E-state index in [1.165, 1.54) is 0 Å². The summed E-state index contributed by atoms with van der Waals surface area (Å²) in [4.78, 5) is 36.5. The molecule has 2 aliphatic heterocycles. The number of likely N-dealkylation sites (tertiary alicyclic amines) is 2. The van der Waals surface area contributed by atoms with Crippen LogP contribution in [0.3, 0.4) is 0 Å². The first-order chi connectivity index (χ1) is 13.2. The summed E-state index contributed by atoms with van der Waals surface area (Å²) in [5, 5.41) is 6.89. The van der Waals surface area contributed by atoms with Gasteiger partial charge < -0.3 is 14.9 Å². The molecule has 9 heteroatoms. The summed E-state index contributed by atoms with van der Waals surface area (Å²) in [6.07, 6.45) is 1.18. The van der Waals surface area contributed by atoms with Gasteiger partial charge in [0.15, 0.2) is 0 Å². The Morgan fingerprint density at radius 1 is 1.18 bits per heavy atom. The van der Waals surface area contributed by atoms with Crippen LogP contribution in [-0.4, -0.2) is 73.3 Å². The Labute approximate surface area is 165 Å². The third-order valence-corrected chi connectivity index (χ3v) is 6.19. The Bertz CT molecular complexity index is 811. The molecule has 0 aliphatic carbocycles. The van der Waals surface area contributed by atoms with Crippen LogP contribution in [0.25, 0.3) is 0 Å². The van der Waals surface area contributed by atoms with E-state index in [4.69, 9.17) is 9.90 Å². The van der Waals surface area contributed by atoms with Crippen LogP contribution in [0.2, 0.25) is 0 Å². The van der Waals surface area contributed by atoms with Gasteiger partial charge in [-0.15, -0.1) is 0 Å². The first kappa shape index (κ1) is 21.9. The number of sulfone groups is 1. The molecule has 0 aromatic heterocycles. The van der Waals surface area contributed by atoms with Gasteiger partial charge in [0.25, 0.3) is 6.47 Å². The van der Waals surface area contributed by atoms with E-state index >= 15 is 0 Å². The Balaban J connectivity index is 0.000000878. The Morgan fingerprint density at radius 3 is 2.32 bits per heavy atom. The molecule has 0 spiro atoms. The third kappa shape index (κ3) is 5.31. The van der Waals surface area contributed by atoms with E-state index in [2.05, 4.69) is 0 Å². The van der Waals surface area contributed by atoms with Gasteiger partial charge in [0.2, 0.25) is 11.8 Å². The zero-order valence-electron chi connectivity index (χ0n) is 16.0. The van der Waals surface area contributed by atoms with E-state index in [1.807, 2.05) is 35.2 Å². The average Bonchev–Trinajstić information content (AvgIpc) is 3.18. The van der Waals surface area contributed by atoms with Crippen molar-refractivity contribution in [3.63, 3.8) is 0 Å². The van der Waals surface area contributed by atoms with E-state index in [9.17, 15) is 18.0 Å². The van der Waals surface area contributed by atoms with Gasteiger partial charge in [0.1, 0.15) is 9.84 Å². The summed E-state index contributed by atoms with van der Waals surface area (Å²) >= 11 is 0. The first-order valence-corrected chi connectivity index (χ1v) is 11.1. The average molecular weight is 410 g/mol. The molecule has 3 atom stereocenters. The number of fused-ring (bicyclic) bond motifs is 1. The van der Waals surface area contributed by atoms with Gasteiger partial charge in [-0.3, -0.25) is 14.4 Å². The van der Waals surface area contributed by atoms with Gasteiger partial charge in [-0.25, -0.2) is 8.42 Å². The number of carbonyl (C=O) groups excluding carboxylic acids is 2. The first-order valence-electron chi connectivity index (χ1n) is 9.03. The molecule has 2 aliphatic rings. The normalized spacial score (nSPS) is 23.6. The highest BCUT2D eigenvalue weighted by Gasteiger charge is 2.49. The highest BCUT2D eigenvalue weighted by Crippen LogP contribution is 2.45. The van der Waals surface area contributed by atoms with Gasteiger partial charge >= 0.3 is 0 Å². The molecule has 2 heterocycles. The van der Waals surface area contributed by atoms with Crippen LogP contribution in [0.1, 0.15) is 24.9 Å². The molecule has 8 nitrogen and oxygen atoms in total. The summed E-state index contributed by atoms with van der Waals surface area (Å²) in [7, 11) is -3.14. The van der Waals surface area contributed by atoms with Crippen molar-refractivity contribution in [3.05, 3.63) is 35.9 Å². The molecule has 28 heavy (non-hydrogen) atoms. The fourth-order valence-electron chi connectivity index (χ4n) is 4.08. The Morgan fingerprint density at radius 2 is 1.79 bits per heavy atom. The summed E-state index contributed by atoms with van der Waals surface area (Å²) in [5.41, 5.74) is 1.09. The standard InChI is InChI=1S/C18H24N2O4S.CH2O2/c1-13(21)20-11-15-10-19(17(22)8-9-25(2,23)24)12-16(15)18(20)14-6-4-3-5-7-14;2-1-3/h3-7,15-16,18H,8-12H2,1-2H3;1H,(H,2,3)/t15-,16-,18-;/m1./s1. The molecule has 1 N–H and O–H groups in total. The molecule has 3 rings (SSSR count). The largest absolute Gasteiger partial charge is 0.483 e. The molecule has 0 unspecified atom stereocenters. The Hall–Kier alpha value is -2.42. The number of carboxylic acid groups (broad SMARTS) is 1. The molecule has 154 valence electrons. The second-order valence-electron chi connectivity index (χ2n) is 7.23. The van der Waals surface area contributed by atoms with Crippen molar-refractivity contribution in [3.8, 4) is 0 Å². The molecule has 2 fully saturated rings. The van der Waals surface area contributed by atoms with E-state index in [1.54, 1.807) is 11.8 Å². The van der Waals surface area contributed by atoms with E-state index in [0.29, 0.717) is 19.6 Å². The minimum Gasteiger partial charge on any atom is -0.483 e. The van der Waals surface area contributed by atoms with E-state index in [-0.39, 0.29) is 48.3 Å². The maximum absolute atomic E-state index is 12.4. The molecular weight excluding hydrogens is 384 g/mol. The van der Waals surface area contributed by atoms with Crippen molar-refractivity contribution in [1.29, 1.82) is 0 Å². The van der Waals surface area contributed by atoms with Crippen molar-refractivity contribution in [2.24, 2.45) is 11.8 Å². The van der Waals surface area contributed by atoms with Crippen LogP contribution >= 0.6 is 0 Å². The van der Waals surface area contributed by atoms with Crippen molar-refractivity contribution >= 4 is 28.1 Å². The van der Waals surface area contributed by atoms with Crippen molar-refractivity contribution in [2.75, 3.05) is 31.6 Å². The quantitative estimate of drug-likeness (QED) is 0.735. The third-order valence-electron chi connectivity index (χ3n) is 5.25. The SMILES string of the molecule is CC(=O)N1C[C@H]2CN(C(=O)CCS(C)(=O)=O)C[C@H]2[C@H]1c1ccccc1.O=CO. The van der Waals surface area contributed by atoms with E-state index < -0.39 is 9.84 Å². The predicted molar refractivity (Wildman–Crippen MR) is 103 cm³/mol. The minimum atomic E-state index is -3.14. The van der Waals surface area contributed by atoms with Crippen molar-refractivity contribution in [1.82, 2.24) is 9.80 Å². The van der Waals surface area contributed by atoms with Gasteiger partial charge in [-0.05, 0) is 5.56 Å². The molecule has 0 radical (unpaired) electrons. The summed E-state index contributed by atoms with van der Waals surface area (Å²) in [5.74, 6) is 0.281. The highest BCUT2D eigenvalue weighted by molar-refractivity contribution is 7.90. The smallest absolute Gasteiger partial charge is 0.290 e.